The Morgan fingerprint density at radius 2 is 1.83 bits per heavy atom. The first-order valence-corrected chi connectivity index (χ1v) is 7.29. The van der Waals surface area contributed by atoms with E-state index >= 15 is 0 Å². The number of hydrazine groups is 1. The van der Waals surface area contributed by atoms with Crippen molar-refractivity contribution in [3.8, 4) is 6.07 Å². The lowest BCUT2D eigenvalue weighted by atomic mass is 10.1. The quantitative estimate of drug-likeness (QED) is 0.455. The van der Waals surface area contributed by atoms with E-state index in [4.69, 9.17) is 17.5 Å². The van der Waals surface area contributed by atoms with Gasteiger partial charge in [-0.25, -0.2) is 4.39 Å². The van der Waals surface area contributed by atoms with E-state index in [1.807, 2.05) is 6.07 Å². The minimum absolute atomic E-state index is 0.0558. The largest absolute Gasteiger partial charge is 0.329 e. The van der Waals surface area contributed by atoms with Crippen molar-refractivity contribution < 1.29 is 9.18 Å². The van der Waals surface area contributed by atoms with Crippen LogP contribution in [0.5, 0.6) is 0 Å². The van der Waals surface area contributed by atoms with Crippen LogP contribution in [0.4, 0.5) is 10.1 Å². The van der Waals surface area contributed by atoms with Crippen molar-refractivity contribution in [2.75, 3.05) is 5.32 Å². The molecule has 0 heterocycles. The topological polar surface area (TPSA) is 77.0 Å². The molecule has 0 aliphatic heterocycles. The van der Waals surface area contributed by atoms with Crippen LogP contribution in [0.15, 0.2) is 54.6 Å². The third-order valence-corrected chi connectivity index (χ3v) is 3.09. The zero-order valence-electron chi connectivity index (χ0n) is 12.4. The van der Waals surface area contributed by atoms with Crippen molar-refractivity contribution in [1.29, 1.82) is 5.26 Å². The molecule has 2 aromatic carbocycles. The van der Waals surface area contributed by atoms with Crippen molar-refractivity contribution in [2.45, 2.75) is 0 Å². The number of thiocarbonyl (C=S) groups is 1. The zero-order valence-corrected chi connectivity index (χ0v) is 13.2. The number of halogens is 1. The molecule has 0 aliphatic rings. The lowest BCUT2D eigenvalue weighted by Crippen LogP contribution is -2.43. The highest BCUT2D eigenvalue weighted by Crippen LogP contribution is 2.11. The fourth-order valence-electron chi connectivity index (χ4n) is 1.72. The predicted molar refractivity (Wildman–Crippen MR) is 94.1 cm³/mol. The second-order valence-corrected chi connectivity index (χ2v) is 5.02. The van der Waals surface area contributed by atoms with Gasteiger partial charge in [-0.3, -0.25) is 15.6 Å². The molecule has 0 radical (unpaired) electrons. The van der Waals surface area contributed by atoms with Gasteiger partial charge in [-0.1, -0.05) is 24.3 Å². The van der Waals surface area contributed by atoms with Crippen LogP contribution >= 0.6 is 12.2 Å². The van der Waals surface area contributed by atoms with Gasteiger partial charge in [0, 0.05) is 6.08 Å². The highest BCUT2D eigenvalue weighted by molar-refractivity contribution is 7.80. The molecule has 0 bridgehead atoms. The summed E-state index contributed by atoms with van der Waals surface area (Å²) in [7, 11) is 0. The van der Waals surface area contributed by atoms with Crippen LogP contribution in [-0.2, 0) is 4.79 Å². The lowest BCUT2D eigenvalue weighted by Gasteiger charge is -2.10. The second-order valence-electron chi connectivity index (χ2n) is 4.62. The van der Waals surface area contributed by atoms with Crippen molar-refractivity contribution in [2.24, 2.45) is 0 Å². The van der Waals surface area contributed by atoms with Crippen LogP contribution < -0.4 is 16.2 Å². The molecule has 7 heteroatoms. The summed E-state index contributed by atoms with van der Waals surface area (Å²) in [6.45, 7) is 0. The Kier molecular flexibility index (Phi) is 6.00. The summed E-state index contributed by atoms with van der Waals surface area (Å²) in [6.07, 6.45) is 2.89. The Morgan fingerprint density at radius 3 is 2.50 bits per heavy atom. The van der Waals surface area contributed by atoms with E-state index in [1.165, 1.54) is 18.2 Å². The number of anilines is 1. The van der Waals surface area contributed by atoms with E-state index in [0.29, 0.717) is 5.56 Å². The molecule has 2 aromatic rings. The molecule has 0 aromatic heterocycles. The molecule has 0 saturated heterocycles. The third kappa shape index (κ3) is 5.19. The molecule has 0 aliphatic carbocycles. The monoisotopic (exact) mass is 340 g/mol. The van der Waals surface area contributed by atoms with Crippen LogP contribution in [0.3, 0.4) is 0 Å². The van der Waals surface area contributed by atoms with Crippen LogP contribution in [0.2, 0.25) is 0 Å². The molecule has 0 atom stereocenters. The summed E-state index contributed by atoms with van der Waals surface area (Å²) < 4.78 is 13.4. The van der Waals surface area contributed by atoms with E-state index in [0.717, 1.165) is 5.56 Å². The molecule has 0 spiro atoms. The summed E-state index contributed by atoms with van der Waals surface area (Å²) in [5.74, 6) is -0.884. The van der Waals surface area contributed by atoms with E-state index < -0.39 is 11.7 Å². The minimum atomic E-state index is -0.450. The van der Waals surface area contributed by atoms with Gasteiger partial charge < -0.3 is 5.32 Å². The number of hydrogen-bond donors (Lipinski definition) is 3. The number of nitrogens with zero attached hydrogens (tertiary/aromatic N) is 1. The Morgan fingerprint density at radius 1 is 1.12 bits per heavy atom. The van der Waals surface area contributed by atoms with Gasteiger partial charge in [0.05, 0.1) is 17.3 Å². The van der Waals surface area contributed by atoms with Gasteiger partial charge in [0.1, 0.15) is 5.82 Å². The Balaban J connectivity index is 1.82. The molecular formula is C17H13FN4OS. The van der Waals surface area contributed by atoms with Crippen LogP contribution in [0.25, 0.3) is 6.08 Å². The van der Waals surface area contributed by atoms with Gasteiger partial charge >= 0.3 is 0 Å². The first-order chi connectivity index (χ1) is 11.6. The maximum absolute atomic E-state index is 13.4. The Hall–Kier alpha value is -3.24. The molecule has 3 N–H and O–H groups in total. The fourth-order valence-corrected chi connectivity index (χ4v) is 1.88. The van der Waals surface area contributed by atoms with Crippen molar-refractivity contribution in [3.63, 3.8) is 0 Å². The summed E-state index contributed by atoms with van der Waals surface area (Å²) in [4.78, 5) is 11.7. The third-order valence-electron chi connectivity index (χ3n) is 2.89. The van der Waals surface area contributed by atoms with Crippen molar-refractivity contribution in [1.82, 2.24) is 10.9 Å². The van der Waals surface area contributed by atoms with Crippen LogP contribution in [0, 0.1) is 17.1 Å². The molecule has 2 rings (SSSR count). The van der Waals surface area contributed by atoms with E-state index in [9.17, 15) is 9.18 Å². The average Bonchev–Trinajstić information content (AvgIpc) is 2.60. The average molecular weight is 340 g/mol. The smallest absolute Gasteiger partial charge is 0.262 e. The van der Waals surface area contributed by atoms with Gasteiger partial charge in [-0.05, 0) is 48.1 Å². The molecule has 5 nitrogen and oxygen atoms in total. The molecule has 120 valence electrons. The minimum Gasteiger partial charge on any atom is -0.329 e. The SMILES string of the molecule is N#Cc1ccc(/C=C/C(=O)NNC(=S)Nc2ccccc2F)cc1. The number of hydrogen-bond acceptors (Lipinski definition) is 3. The molecule has 24 heavy (non-hydrogen) atoms. The number of nitriles is 1. The standard InChI is InChI=1S/C17H13FN4OS/c18-14-3-1-2-4-15(14)20-17(24)22-21-16(23)10-9-12-5-7-13(11-19)8-6-12/h1-10H,(H,21,23)(H2,20,22,24)/b10-9+. The molecule has 1 amide bonds. The van der Waals surface area contributed by atoms with E-state index in [-0.39, 0.29) is 10.8 Å². The molecule has 0 fully saturated rings. The normalized spacial score (nSPS) is 10.0. The van der Waals surface area contributed by atoms with E-state index in [2.05, 4.69) is 16.2 Å². The van der Waals surface area contributed by atoms with Gasteiger partial charge in [0.25, 0.3) is 5.91 Å². The maximum atomic E-state index is 13.4. The van der Waals surface area contributed by atoms with E-state index in [1.54, 1.807) is 42.5 Å². The maximum Gasteiger partial charge on any atom is 0.262 e. The van der Waals surface area contributed by atoms with Crippen LogP contribution in [0.1, 0.15) is 11.1 Å². The number of benzene rings is 2. The number of carbonyl (C=O) groups is 1. The molecular weight excluding hydrogens is 327 g/mol. The number of nitrogens with one attached hydrogen (secondary N) is 3. The number of carbonyl (C=O) groups excluding carboxylic acids is 1. The summed E-state index contributed by atoms with van der Waals surface area (Å²) >= 11 is 4.96. The van der Waals surface area contributed by atoms with Crippen LogP contribution in [-0.4, -0.2) is 11.0 Å². The van der Waals surface area contributed by atoms with Crippen molar-refractivity contribution >= 4 is 35.0 Å². The number of rotatable bonds is 3. The fraction of sp³-hybridized carbons (Fsp3) is 0. The van der Waals surface area contributed by atoms with Gasteiger partial charge in [0.15, 0.2) is 5.11 Å². The summed E-state index contributed by atoms with van der Waals surface area (Å²) in [5, 5.41) is 11.4. The summed E-state index contributed by atoms with van der Waals surface area (Å²) in [6, 6.07) is 14.8. The van der Waals surface area contributed by atoms with Gasteiger partial charge in [0.2, 0.25) is 0 Å². The predicted octanol–water partition coefficient (Wildman–Crippen LogP) is 2.73. The Bertz CT molecular complexity index is 812. The number of amides is 1. The zero-order chi connectivity index (χ0) is 17.4. The van der Waals surface area contributed by atoms with Gasteiger partial charge in [-0.15, -0.1) is 0 Å². The molecule has 0 saturated carbocycles. The lowest BCUT2D eigenvalue weighted by molar-refractivity contribution is -0.116. The second kappa shape index (κ2) is 8.41. The number of para-hydroxylation sites is 1. The van der Waals surface area contributed by atoms with Crippen molar-refractivity contribution in [3.05, 3.63) is 71.6 Å². The first-order valence-electron chi connectivity index (χ1n) is 6.88. The highest BCUT2D eigenvalue weighted by atomic mass is 32.1. The highest BCUT2D eigenvalue weighted by Gasteiger charge is 2.03. The molecule has 0 unspecified atom stereocenters. The Labute approximate surface area is 143 Å². The van der Waals surface area contributed by atoms with Gasteiger partial charge in [-0.2, -0.15) is 5.26 Å². The summed E-state index contributed by atoms with van der Waals surface area (Å²) in [5.41, 5.74) is 6.36. The first kappa shape index (κ1) is 17.1.